The Morgan fingerprint density at radius 3 is 2.42 bits per heavy atom. The molecule has 0 fully saturated rings. The summed E-state index contributed by atoms with van der Waals surface area (Å²) in [7, 11) is 0. The van der Waals surface area contributed by atoms with Gasteiger partial charge < -0.3 is 14.8 Å². The molecule has 0 aromatic carbocycles. The monoisotopic (exact) mass is 287 g/mol. The topological polar surface area (TPSA) is 79.4 Å². The molecule has 106 valence electrons. The third kappa shape index (κ3) is 4.23. The zero-order chi connectivity index (χ0) is 14.8. The number of aromatic amines is 1. The minimum Gasteiger partial charge on any atom is -0.481 e. The SMILES string of the molecule is O=C(O)Cc1[nH]c(=O)c(OC(F)(F)F)cc1C(F)F. The first-order valence-corrected chi connectivity index (χ1v) is 4.62. The quantitative estimate of drug-likeness (QED) is 0.828. The van der Waals surface area contributed by atoms with E-state index in [1.807, 2.05) is 0 Å². The maximum atomic E-state index is 12.6. The van der Waals surface area contributed by atoms with Gasteiger partial charge in [0.05, 0.1) is 6.42 Å². The average Bonchev–Trinajstić information content (AvgIpc) is 2.18. The first kappa shape index (κ1) is 14.9. The molecule has 0 aliphatic rings. The molecule has 0 saturated heterocycles. The van der Waals surface area contributed by atoms with Crippen LogP contribution >= 0.6 is 0 Å². The lowest BCUT2D eigenvalue weighted by molar-refractivity contribution is -0.275. The van der Waals surface area contributed by atoms with Gasteiger partial charge in [-0.3, -0.25) is 9.59 Å². The molecule has 0 bridgehead atoms. The number of carbonyl (C=O) groups is 1. The molecule has 0 saturated carbocycles. The minimum atomic E-state index is -5.22. The summed E-state index contributed by atoms with van der Waals surface area (Å²) < 4.78 is 64.1. The maximum Gasteiger partial charge on any atom is 0.573 e. The van der Waals surface area contributed by atoms with Crippen LogP contribution in [0.1, 0.15) is 17.7 Å². The predicted molar refractivity (Wildman–Crippen MR) is 50.0 cm³/mol. The standard InChI is InChI=1S/C9H6F5NO4/c10-7(11)3-1-5(19-9(12,13)14)8(18)15-4(3)2-6(16)17/h1,7H,2H2,(H,15,18)(H,16,17). The van der Waals surface area contributed by atoms with E-state index >= 15 is 0 Å². The summed E-state index contributed by atoms with van der Waals surface area (Å²) in [5, 5.41) is 8.44. The zero-order valence-electron chi connectivity index (χ0n) is 8.92. The third-order valence-electron chi connectivity index (χ3n) is 1.91. The summed E-state index contributed by atoms with van der Waals surface area (Å²) in [6, 6.07) is 0.176. The summed E-state index contributed by atoms with van der Waals surface area (Å²) in [6.45, 7) is 0. The fraction of sp³-hybridized carbons (Fsp3) is 0.333. The van der Waals surface area contributed by atoms with Crippen molar-refractivity contribution in [2.45, 2.75) is 19.2 Å². The van der Waals surface area contributed by atoms with Gasteiger partial charge in [0.25, 0.3) is 12.0 Å². The number of H-pyrrole nitrogens is 1. The molecular formula is C9H6F5NO4. The van der Waals surface area contributed by atoms with Crippen molar-refractivity contribution in [1.29, 1.82) is 0 Å². The Morgan fingerprint density at radius 1 is 1.42 bits per heavy atom. The molecule has 2 N–H and O–H groups in total. The van der Waals surface area contributed by atoms with Crippen molar-refractivity contribution < 1.29 is 36.6 Å². The third-order valence-corrected chi connectivity index (χ3v) is 1.91. The van der Waals surface area contributed by atoms with Gasteiger partial charge in [-0.15, -0.1) is 13.2 Å². The number of nitrogens with one attached hydrogen (secondary N) is 1. The van der Waals surface area contributed by atoms with Gasteiger partial charge in [-0.05, 0) is 6.07 Å². The minimum absolute atomic E-state index is 0.176. The number of aliphatic carboxylic acids is 1. The van der Waals surface area contributed by atoms with Crippen molar-refractivity contribution in [3.63, 3.8) is 0 Å². The van der Waals surface area contributed by atoms with Gasteiger partial charge in [0.2, 0.25) is 0 Å². The van der Waals surface area contributed by atoms with Gasteiger partial charge in [-0.2, -0.15) is 0 Å². The van der Waals surface area contributed by atoms with Crippen LogP contribution in [0.2, 0.25) is 0 Å². The molecule has 1 aromatic heterocycles. The Bertz CT molecular complexity index is 536. The summed E-state index contributed by atoms with van der Waals surface area (Å²) in [5.74, 6) is -2.90. The summed E-state index contributed by atoms with van der Waals surface area (Å²) in [5.41, 5.74) is -3.17. The molecule has 5 nitrogen and oxygen atoms in total. The maximum absolute atomic E-state index is 12.6. The lowest BCUT2D eigenvalue weighted by Crippen LogP contribution is -2.24. The zero-order valence-corrected chi connectivity index (χ0v) is 8.92. The number of pyridine rings is 1. The molecule has 0 aliphatic heterocycles. The van der Waals surface area contributed by atoms with E-state index in [4.69, 9.17) is 5.11 Å². The summed E-state index contributed by atoms with van der Waals surface area (Å²) >= 11 is 0. The fourth-order valence-electron chi connectivity index (χ4n) is 1.26. The van der Waals surface area contributed by atoms with E-state index < -0.39 is 47.7 Å². The van der Waals surface area contributed by atoms with Crippen molar-refractivity contribution in [2.24, 2.45) is 0 Å². The molecule has 19 heavy (non-hydrogen) atoms. The van der Waals surface area contributed by atoms with Crippen LogP contribution in [0.15, 0.2) is 10.9 Å². The number of halogens is 5. The van der Waals surface area contributed by atoms with E-state index in [1.54, 1.807) is 4.98 Å². The predicted octanol–water partition coefficient (Wildman–Crippen LogP) is 1.84. The highest BCUT2D eigenvalue weighted by molar-refractivity contribution is 5.70. The van der Waals surface area contributed by atoms with Crippen LogP contribution in [0, 0.1) is 0 Å². The summed E-state index contributed by atoms with van der Waals surface area (Å²) in [6.07, 6.45) is -9.44. The molecule has 0 amide bonds. The van der Waals surface area contributed by atoms with Crippen molar-refractivity contribution in [1.82, 2.24) is 4.98 Å². The molecule has 0 unspecified atom stereocenters. The van der Waals surface area contributed by atoms with E-state index in [0.717, 1.165) is 0 Å². The lowest BCUT2D eigenvalue weighted by atomic mass is 10.1. The van der Waals surface area contributed by atoms with Crippen LogP contribution in [0.25, 0.3) is 0 Å². The van der Waals surface area contributed by atoms with E-state index in [-0.39, 0.29) is 6.07 Å². The molecule has 0 atom stereocenters. The second-order valence-electron chi connectivity index (χ2n) is 3.32. The van der Waals surface area contributed by atoms with Crippen molar-refractivity contribution >= 4 is 5.97 Å². The van der Waals surface area contributed by atoms with Gasteiger partial charge in [0, 0.05) is 11.3 Å². The number of alkyl halides is 5. The van der Waals surface area contributed by atoms with Gasteiger partial charge in [-0.1, -0.05) is 0 Å². The first-order valence-electron chi connectivity index (χ1n) is 4.62. The Hall–Kier alpha value is -2.13. The second-order valence-corrected chi connectivity index (χ2v) is 3.32. The highest BCUT2D eigenvalue weighted by atomic mass is 19.4. The Labute approximate surface area is 101 Å². The Balaban J connectivity index is 3.28. The molecule has 10 heteroatoms. The number of hydrogen-bond donors (Lipinski definition) is 2. The highest BCUT2D eigenvalue weighted by Gasteiger charge is 2.33. The molecule has 1 rings (SSSR count). The number of hydrogen-bond acceptors (Lipinski definition) is 3. The van der Waals surface area contributed by atoms with Crippen LogP contribution in [0.3, 0.4) is 0 Å². The van der Waals surface area contributed by atoms with Gasteiger partial charge in [0.15, 0.2) is 5.75 Å². The van der Waals surface area contributed by atoms with Crippen molar-refractivity contribution in [2.75, 3.05) is 0 Å². The van der Waals surface area contributed by atoms with E-state index in [0.29, 0.717) is 0 Å². The van der Waals surface area contributed by atoms with Crippen molar-refractivity contribution in [3.8, 4) is 5.75 Å². The Kier molecular flexibility index (Phi) is 4.12. The highest BCUT2D eigenvalue weighted by Crippen LogP contribution is 2.26. The van der Waals surface area contributed by atoms with Crippen LogP contribution in [-0.2, 0) is 11.2 Å². The number of carboxylic acids is 1. The molecular weight excluding hydrogens is 281 g/mol. The van der Waals surface area contributed by atoms with Crippen LogP contribution < -0.4 is 10.3 Å². The number of ether oxygens (including phenoxy) is 1. The number of aromatic nitrogens is 1. The lowest BCUT2D eigenvalue weighted by Gasteiger charge is -2.11. The molecule has 0 spiro atoms. The van der Waals surface area contributed by atoms with E-state index in [1.165, 1.54) is 0 Å². The number of rotatable bonds is 4. The van der Waals surface area contributed by atoms with Crippen molar-refractivity contribution in [3.05, 3.63) is 27.7 Å². The molecule has 0 radical (unpaired) electrons. The van der Waals surface area contributed by atoms with Crippen LogP contribution in [-0.4, -0.2) is 22.4 Å². The molecule has 1 heterocycles. The van der Waals surface area contributed by atoms with Crippen LogP contribution in [0.5, 0.6) is 5.75 Å². The summed E-state index contributed by atoms with van der Waals surface area (Å²) in [4.78, 5) is 23.2. The average molecular weight is 287 g/mol. The van der Waals surface area contributed by atoms with Crippen LogP contribution in [0.4, 0.5) is 22.0 Å². The van der Waals surface area contributed by atoms with E-state index in [9.17, 15) is 31.5 Å². The first-order chi connectivity index (χ1) is 8.60. The van der Waals surface area contributed by atoms with Gasteiger partial charge >= 0.3 is 12.3 Å². The smallest absolute Gasteiger partial charge is 0.481 e. The largest absolute Gasteiger partial charge is 0.573 e. The Morgan fingerprint density at radius 2 is 2.00 bits per heavy atom. The molecule has 0 aliphatic carbocycles. The van der Waals surface area contributed by atoms with Gasteiger partial charge in [0.1, 0.15) is 0 Å². The second kappa shape index (κ2) is 5.24. The van der Waals surface area contributed by atoms with E-state index in [2.05, 4.69) is 4.74 Å². The number of carboxylic acid groups (broad SMARTS) is 1. The fourth-order valence-corrected chi connectivity index (χ4v) is 1.26. The van der Waals surface area contributed by atoms with Gasteiger partial charge in [-0.25, -0.2) is 8.78 Å². The normalized spacial score (nSPS) is 11.7. The molecule has 1 aromatic rings.